The minimum Gasteiger partial charge on any atom is -0.444 e. The Morgan fingerprint density at radius 3 is 2.39 bits per heavy atom. The van der Waals surface area contributed by atoms with Crippen molar-refractivity contribution in [1.82, 2.24) is 14.8 Å². The number of para-hydroxylation sites is 1. The van der Waals surface area contributed by atoms with Gasteiger partial charge in [0.1, 0.15) is 17.5 Å². The zero-order chi connectivity index (χ0) is 34.1. The van der Waals surface area contributed by atoms with E-state index in [1.54, 1.807) is 30.1 Å². The highest BCUT2D eigenvalue weighted by Crippen LogP contribution is 2.38. The Hall–Kier alpha value is -3.58. The number of amides is 3. The molecule has 1 aromatic carbocycles. The number of anilines is 3. The van der Waals surface area contributed by atoms with Crippen molar-refractivity contribution < 1.29 is 32.3 Å². The van der Waals surface area contributed by atoms with Gasteiger partial charge in [0.05, 0.1) is 22.0 Å². The molecule has 0 bridgehead atoms. The van der Waals surface area contributed by atoms with Crippen LogP contribution >= 0.6 is 11.6 Å². The van der Waals surface area contributed by atoms with E-state index in [1.807, 2.05) is 39.8 Å². The lowest BCUT2D eigenvalue weighted by Crippen LogP contribution is -2.61. The van der Waals surface area contributed by atoms with Crippen molar-refractivity contribution in [3.8, 4) is 0 Å². The van der Waals surface area contributed by atoms with E-state index >= 15 is 0 Å². The average Bonchev–Trinajstić information content (AvgIpc) is 3.30. The lowest BCUT2D eigenvalue weighted by molar-refractivity contribution is -0.137. The summed E-state index contributed by atoms with van der Waals surface area (Å²) >= 11 is 6.65. The number of alkyl halides is 3. The number of likely N-dealkylation sites (tertiary alicyclic amines) is 1. The third kappa shape index (κ3) is 8.03. The van der Waals surface area contributed by atoms with Gasteiger partial charge < -0.3 is 19.4 Å². The normalized spacial score (nSPS) is 17.4. The third-order valence-electron chi connectivity index (χ3n) is 8.19. The number of hydrogen-bond acceptors (Lipinski definition) is 7. The fraction of sp³-hybridized carbons (Fsp3) is 0.562. The highest BCUT2D eigenvalue weighted by Gasteiger charge is 2.42. The van der Waals surface area contributed by atoms with Crippen LogP contribution < -0.4 is 14.7 Å². The molecule has 2 aliphatic rings. The van der Waals surface area contributed by atoms with Crippen molar-refractivity contribution >= 4 is 46.7 Å². The van der Waals surface area contributed by atoms with Gasteiger partial charge in [0.25, 0.3) is 0 Å². The molecule has 14 heteroatoms. The Morgan fingerprint density at radius 1 is 1.09 bits per heavy atom. The van der Waals surface area contributed by atoms with E-state index < -0.39 is 35.2 Å². The number of likely N-dealkylation sites (N-methyl/N-ethyl adjacent to an activating group) is 2. The maximum absolute atomic E-state index is 13.9. The average molecular weight is 667 g/mol. The van der Waals surface area contributed by atoms with Crippen molar-refractivity contribution in [2.24, 2.45) is 0 Å². The lowest BCUT2D eigenvalue weighted by atomic mass is 10.1. The molecule has 3 amide bonds. The summed E-state index contributed by atoms with van der Waals surface area (Å²) < 4.78 is 46.0. The van der Waals surface area contributed by atoms with E-state index in [-0.39, 0.29) is 36.5 Å². The number of halogens is 4. The first-order valence-corrected chi connectivity index (χ1v) is 15.6. The molecule has 4 rings (SSSR count). The first kappa shape index (κ1) is 35.3. The molecule has 0 N–H and O–H groups in total. The molecule has 0 saturated carbocycles. The number of pyridine rings is 1. The molecule has 10 nitrogen and oxygen atoms in total. The number of aryl methyl sites for hydroxylation is 1. The van der Waals surface area contributed by atoms with Gasteiger partial charge in [-0.25, -0.2) is 9.78 Å². The largest absolute Gasteiger partial charge is 0.444 e. The van der Waals surface area contributed by atoms with Gasteiger partial charge >= 0.3 is 12.3 Å². The summed E-state index contributed by atoms with van der Waals surface area (Å²) in [5.41, 5.74) is -0.261. The van der Waals surface area contributed by atoms with Crippen molar-refractivity contribution in [1.29, 1.82) is 0 Å². The fourth-order valence-corrected chi connectivity index (χ4v) is 6.01. The number of hydrogen-bond donors (Lipinski definition) is 0. The molecular weight excluding hydrogens is 625 g/mol. The van der Waals surface area contributed by atoms with Crippen LogP contribution in [0.1, 0.15) is 51.3 Å². The quantitative estimate of drug-likeness (QED) is 0.344. The molecule has 2 aromatic rings. The minimum absolute atomic E-state index is 0.00751. The summed E-state index contributed by atoms with van der Waals surface area (Å²) in [6.45, 7) is 9.49. The van der Waals surface area contributed by atoms with Gasteiger partial charge in [0, 0.05) is 51.9 Å². The number of rotatable bonds is 9. The lowest BCUT2D eigenvalue weighted by Gasteiger charge is -2.44. The molecule has 0 spiro atoms. The number of carbonyl (C=O) groups excluding carboxylic acids is 3. The molecule has 1 atom stereocenters. The van der Waals surface area contributed by atoms with Gasteiger partial charge in [-0.05, 0) is 78.4 Å². The summed E-state index contributed by atoms with van der Waals surface area (Å²) in [4.78, 5) is 51.5. The second-order valence-corrected chi connectivity index (χ2v) is 13.4. The van der Waals surface area contributed by atoms with Crippen LogP contribution in [0.2, 0.25) is 5.02 Å². The van der Waals surface area contributed by atoms with Crippen LogP contribution in [0.15, 0.2) is 30.3 Å². The molecule has 0 radical (unpaired) electrons. The zero-order valence-electron chi connectivity index (χ0n) is 27.3. The van der Waals surface area contributed by atoms with E-state index in [2.05, 4.69) is 9.88 Å². The number of nitrogens with zero attached hydrogens (tertiary/aromatic N) is 6. The molecule has 46 heavy (non-hydrogen) atoms. The molecule has 252 valence electrons. The van der Waals surface area contributed by atoms with Gasteiger partial charge in [-0.3, -0.25) is 19.4 Å². The number of ether oxygens (including phenoxy) is 1. The summed E-state index contributed by atoms with van der Waals surface area (Å²) in [5.74, 6) is -1.13. The SMILES string of the molecule is Cc1cc(C(F)(F)F)cc(N2C(=O)CCC2C(=O)N(C)c2cccc(Cl)c2N(C)CCCN(C)C2CN(C(=O)OC(C)(C)C)C2)n1. The van der Waals surface area contributed by atoms with Crippen LogP contribution in [-0.2, 0) is 20.5 Å². The molecule has 2 aliphatic heterocycles. The van der Waals surface area contributed by atoms with Gasteiger partial charge in [-0.15, -0.1) is 0 Å². The molecule has 0 aliphatic carbocycles. The van der Waals surface area contributed by atoms with Crippen molar-refractivity contribution in [2.45, 2.75) is 70.8 Å². The standard InChI is InChI=1S/C32H42ClF3N6O4/c1-20-16-21(32(34,35)36)17-26(37-20)42-25(12-13-27(42)43)29(44)40(7)24-11-8-10-23(33)28(24)39(6)15-9-14-38(5)22-18-41(19-22)30(45)46-31(2,3)4/h8,10-11,16-17,22,25H,9,12-15,18-19H2,1-7H3. The Labute approximate surface area is 273 Å². The van der Waals surface area contributed by atoms with Crippen LogP contribution in [0.25, 0.3) is 0 Å². The van der Waals surface area contributed by atoms with E-state index in [4.69, 9.17) is 16.3 Å². The van der Waals surface area contributed by atoms with Gasteiger partial charge in [-0.2, -0.15) is 13.2 Å². The topological polar surface area (TPSA) is 89.5 Å². The van der Waals surface area contributed by atoms with Crippen LogP contribution in [0.4, 0.5) is 35.2 Å². The smallest absolute Gasteiger partial charge is 0.416 e. The fourth-order valence-electron chi connectivity index (χ4n) is 5.70. The predicted octanol–water partition coefficient (Wildman–Crippen LogP) is 5.60. The monoisotopic (exact) mass is 666 g/mol. The third-order valence-corrected chi connectivity index (χ3v) is 8.50. The second-order valence-electron chi connectivity index (χ2n) is 13.0. The summed E-state index contributed by atoms with van der Waals surface area (Å²) in [6.07, 6.45) is -4.02. The molecule has 2 fully saturated rings. The predicted molar refractivity (Wildman–Crippen MR) is 171 cm³/mol. The molecule has 2 saturated heterocycles. The highest BCUT2D eigenvalue weighted by atomic mass is 35.5. The minimum atomic E-state index is -4.63. The van der Waals surface area contributed by atoms with Gasteiger partial charge in [-0.1, -0.05) is 17.7 Å². The first-order chi connectivity index (χ1) is 21.4. The van der Waals surface area contributed by atoms with Crippen LogP contribution in [-0.4, -0.2) is 97.7 Å². The van der Waals surface area contributed by atoms with Crippen LogP contribution in [0, 0.1) is 6.92 Å². The summed E-state index contributed by atoms with van der Waals surface area (Å²) in [7, 11) is 5.45. The van der Waals surface area contributed by atoms with Gasteiger partial charge in [0.15, 0.2) is 0 Å². The van der Waals surface area contributed by atoms with Crippen molar-refractivity contribution in [2.75, 3.05) is 62.0 Å². The number of aromatic nitrogens is 1. The van der Waals surface area contributed by atoms with Crippen molar-refractivity contribution in [3.63, 3.8) is 0 Å². The van der Waals surface area contributed by atoms with E-state index in [1.165, 1.54) is 11.8 Å². The maximum Gasteiger partial charge on any atom is 0.416 e. The summed E-state index contributed by atoms with van der Waals surface area (Å²) in [6, 6.07) is 6.10. The zero-order valence-corrected chi connectivity index (χ0v) is 28.1. The molecule has 1 unspecified atom stereocenters. The molecule has 1 aromatic heterocycles. The number of benzene rings is 1. The van der Waals surface area contributed by atoms with Gasteiger partial charge in [0.2, 0.25) is 11.8 Å². The van der Waals surface area contributed by atoms with E-state index in [9.17, 15) is 27.6 Å². The Kier molecular flexibility index (Phi) is 10.5. The van der Waals surface area contributed by atoms with E-state index in [0.717, 1.165) is 30.0 Å². The second kappa shape index (κ2) is 13.6. The first-order valence-electron chi connectivity index (χ1n) is 15.2. The van der Waals surface area contributed by atoms with Crippen molar-refractivity contribution in [3.05, 3.63) is 46.6 Å². The number of carbonyl (C=O) groups is 3. The highest BCUT2D eigenvalue weighted by molar-refractivity contribution is 6.34. The Bertz CT molecular complexity index is 1460. The van der Waals surface area contributed by atoms with Crippen LogP contribution in [0.3, 0.4) is 0 Å². The van der Waals surface area contributed by atoms with Crippen LogP contribution in [0.5, 0.6) is 0 Å². The Balaban J connectivity index is 1.42. The Morgan fingerprint density at radius 2 is 1.76 bits per heavy atom. The molecular formula is C32H42ClF3N6O4. The molecule has 3 heterocycles. The maximum atomic E-state index is 13.9. The summed E-state index contributed by atoms with van der Waals surface area (Å²) in [5, 5.41) is 0.425. The van der Waals surface area contributed by atoms with E-state index in [0.29, 0.717) is 36.0 Å².